The molecule has 0 radical (unpaired) electrons. The first-order valence-electron chi connectivity index (χ1n) is 19.0. The fourth-order valence-corrected chi connectivity index (χ4v) is 9.81. The average Bonchev–Trinajstić information content (AvgIpc) is 3.61. The van der Waals surface area contributed by atoms with Crippen LogP contribution in [0.2, 0.25) is 10.0 Å². The lowest BCUT2D eigenvalue weighted by atomic mass is 9.83. The summed E-state index contributed by atoms with van der Waals surface area (Å²) in [4.78, 5) is 56.8. The number of anilines is 2. The number of carbonyl (C=O) groups excluding carboxylic acids is 4. The topological polar surface area (TPSA) is 114 Å². The quantitative estimate of drug-likeness (QED) is 0.0605. The molecule has 5 aromatic carbocycles. The molecule has 0 bridgehead atoms. The Morgan fingerprint density at radius 2 is 1.49 bits per heavy atom. The minimum Gasteiger partial charge on any atom is -0.462 e. The van der Waals surface area contributed by atoms with E-state index in [1.54, 1.807) is 73.7 Å². The van der Waals surface area contributed by atoms with Gasteiger partial charge in [0.2, 0.25) is 5.91 Å². The maximum Gasteiger partial charge on any atom is 0.341 e. The number of benzene rings is 5. The fraction of sp³-hybridized carbons (Fsp3) is 0.149. The third kappa shape index (κ3) is 10.1. The first kappa shape index (κ1) is 41.5. The predicted molar refractivity (Wildman–Crippen MR) is 239 cm³/mol. The van der Waals surface area contributed by atoms with Crippen LogP contribution in [0.4, 0.5) is 10.7 Å². The van der Waals surface area contributed by atoms with E-state index in [0.29, 0.717) is 54.7 Å². The molecule has 2 unspecified atom stereocenters. The molecule has 1 heterocycles. The molecule has 7 rings (SSSR count). The SMILES string of the molecule is CCOC(=O)c1c(NC(=O)C(Sc2cccc(NC(=O)/C(=C\c3c(Cl)cccc3Cl)NC(=O)c3ccccc3)c2)c2ccccc2)sc2c1CCC(c1ccccc1)C2. The molecule has 3 amide bonds. The largest absolute Gasteiger partial charge is 0.462 e. The minimum atomic E-state index is -0.739. The Bertz CT molecular complexity index is 2490. The van der Waals surface area contributed by atoms with Crippen LogP contribution in [0, 0.1) is 0 Å². The van der Waals surface area contributed by atoms with Gasteiger partial charge in [-0.15, -0.1) is 23.1 Å². The van der Waals surface area contributed by atoms with E-state index in [9.17, 15) is 19.2 Å². The van der Waals surface area contributed by atoms with Crippen molar-refractivity contribution in [2.45, 2.75) is 42.2 Å². The monoisotopic (exact) mass is 859 g/mol. The highest BCUT2D eigenvalue weighted by molar-refractivity contribution is 8.00. The van der Waals surface area contributed by atoms with E-state index in [0.717, 1.165) is 28.8 Å². The molecule has 1 aliphatic rings. The van der Waals surface area contributed by atoms with Crippen LogP contribution in [0.25, 0.3) is 6.08 Å². The second-order valence-corrected chi connectivity index (χ2v) is 16.8. The van der Waals surface area contributed by atoms with Gasteiger partial charge in [0.15, 0.2) is 0 Å². The Kier molecular flexibility index (Phi) is 13.6. The van der Waals surface area contributed by atoms with Crippen molar-refractivity contribution in [3.05, 3.63) is 187 Å². The number of ether oxygens (including phenoxy) is 1. The third-order valence-electron chi connectivity index (χ3n) is 9.76. The second-order valence-electron chi connectivity index (χ2n) is 13.7. The van der Waals surface area contributed by atoms with Gasteiger partial charge in [0.05, 0.1) is 12.2 Å². The van der Waals surface area contributed by atoms with E-state index in [1.807, 2.05) is 54.6 Å². The van der Waals surface area contributed by atoms with Crippen molar-refractivity contribution < 1.29 is 23.9 Å². The van der Waals surface area contributed by atoms with Crippen LogP contribution >= 0.6 is 46.3 Å². The summed E-state index contributed by atoms with van der Waals surface area (Å²) in [6, 6.07) is 40.3. The Morgan fingerprint density at radius 1 is 0.831 bits per heavy atom. The number of thiophene rings is 1. The maximum absolute atomic E-state index is 14.4. The molecule has 1 aliphatic carbocycles. The molecular formula is C47H39Cl2N3O5S2. The van der Waals surface area contributed by atoms with Crippen LogP contribution in [-0.4, -0.2) is 30.3 Å². The molecule has 298 valence electrons. The summed E-state index contributed by atoms with van der Waals surface area (Å²) < 4.78 is 5.51. The summed E-state index contributed by atoms with van der Waals surface area (Å²) >= 11 is 15.6. The molecule has 2 atom stereocenters. The molecule has 59 heavy (non-hydrogen) atoms. The van der Waals surface area contributed by atoms with Crippen LogP contribution in [0.1, 0.15) is 72.4 Å². The van der Waals surface area contributed by atoms with Crippen molar-refractivity contribution in [2.75, 3.05) is 17.2 Å². The molecule has 1 aromatic heterocycles. The highest BCUT2D eigenvalue weighted by Crippen LogP contribution is 2.44. The van der Waals surface area contributed by atoms with Crippen molar-refractivity contribution in [2.24, 2.45) is 0 Å². The molecule has 0 fully saturated rings. The zero-order chi connectivity index (χ0) is 41.3. The van der Waals surface area contributed by atoms with Crippen LogP contribution in [0.5, 0.6) is 0 Å². The summed E-state index contributed by atoms with van der Waals surface area (Å²) in [5.74, 6) is -1.57. The van der Waals surface area contributed by atoms with E-state index < -0.39 is 23.0 Å². The van der Waals surface area contributed by atoms with Gasteiger partial charge >= 0.3 is 5.97 Å². The Balaban J connectivity index is 1.15. The molecule has 0 saturated heterocycles. The normalized spacial score (nSPS) is 14.1. The third-order valence-corrected chi connectivity index (χ3v) is 12.8. The van der Waals surface area contributed by atoms with Crippen molar-refractivity contribution >= 4 is 86.8 Å². The van der Waals surface area contributed by atoms with Gasteiger partial charge in [0.1, 0.15) is 15.9 Å². The van der Waals surface area contributed by atoms with Gasteiger partial charge in [-0.05, 0) is 97.3 Å². The van der Waals surface area contributed by atoms with Gasteiger partial charge in [-0.3, -0.25) is 14.4 Å². The van der Waals surface area contributed by atoms with Gasteiger partial charge in [0.25, 0.3) is 11.8 Å². The first-order chi connectivity index (χ1) is 28.7. The van der Waals surface area contributed by atoms with E-state index in [4.69, 9.17) is 27.9 Å². The van der Waals surface area contributed by atoms with Gasteiger partial charge in [-0.1, -0.05) is 114 Å². The Hall–Kier alpha value is -5.65. The first-order valence-corrected chi connectivity index (χ1v) is 21.5. The minimum absolute atomic E-state index is 0.0837. The maximum atomic E-state index is 14.4. The van der Waals surface area contributed by atoms with Crippen LogP contribution in [0.3, 0.4) is 0 Å². The Morgan fingerprint density at radius 3 is 2.19 bits per heavy atom. The van der Waals surface area contributed by atoms with Crippen molar-refractivity contribution in [3.63, 3.8) is 0 Å². The van der Waals surface area contributed by atoms with E-state index in [2.05, 4.69) is 28.1 Å². The number of carbonyl (C=O) groups is 4. The van der Waals surface area contributed by atoms with Gasteiger partial charge in [0, 0.05) is 36.6 Å². The lowest BCUT2D eigenvalue weighted by Gasteiger charge is -2.23. The lowest BCUT2D eigenvalue weighted by Crippen LogP contribution is -2.30. The van der Waals surface area contributed by atoms with E-state index >= 15 is 0 Å². The molecule has 3 N–H and O–H groups in total. The highest BCUT2D eigenvalue weighted by atomic mass is 35.5. The molecule has 0 saturated carbocycles. The molecule has 8 nitrogen and oxygen atoms in total. The highest BCUT2D eigenvalue weighted by Gasteiger charge is 2.32. The number of amides is 3. The molecule has 0 spiro atoms. The fourth-order valence-electron chi connectivity index (χ4n) is 6.90. The zero-order valence-electron chi connectivity index (χ0n) is 31.9. The average molecular weight is 861 g/mol. The van der Waals surface area contributed by atoms with Crippen molar-refractivity contribution in [1.29, 1.82) is 0 Å². The van der Waals surface area contributed by atoms with E-state index in [-0.39, 0.29) is 18.2 Å². The standard InChI is InChI=1S/C47H39Cl2N3O5S2/c1-2-57-47(56)41-35-25-24-32(29-14-6-3-7-15-29)26-40(35)59-46(41)52-45(55)42(30-16-8-4-9-17-30)58-34-21-12-20-33(27-34)50-44(54)39(28-36-37(48)22-13-23-38(36)49)51-43(53)31-18-10-5-11-19-31/h3-23,27-28,32,42H,2,24-26H2,1H3,(H,50,54)(H,51,53)(H,52,55)/b39-28+. The summed E-state index contributed by atoms with van der Waals surface area (Å²) in [5, 5.41) is 9.06. The van der Waals surface area contributed by atoms with Crippen molar-refractivity contribution in [1.82, 2.24) is 5.32 Å². The summed E-state index contributed by atoms with van der Waals surface area (Å²) in [7, 11) is 0. The van der Waals surface area contributed by atoms with Crippen LogP contribution in [0.15, 0.2) is 144 Å². The smallest absolute Gasteiger partial charge is 0.341 e. The number of nitrogens with one attached hydrogen (secondary N) is 3. The van der Waals surface area contributed by atoms with Gasteiger partial charge in [-0.2, -0.15) is 0 Å². The van der Waals surface area contributed by atoms with Gasteiger partial charge in [-0.25, -0.2) is 4.79 Å². The number of halogens is 2. The summed E-state index contributed by atoms with van der Waals surface area (Å²) in [6.45, 7) is 1.98. The van der Waals surface area contributed by atoms with Crippen LogP contribution in [-0.2, 0) is 27.2 Å². The molecule has 0 aliphatic heterocycles. The van der Waals surface area contributed by atoms with E-state index in [1.165, 1.54) is 34.7 Å². The number of hydrogen-bond donors (Lipinski definition) is 3. The number of hydrogen-bond acceptors (Lipinski definition) is 7. The number of rotatable bonds is 13. The predicted octanol–water partition coefficient (Wildman–Crippen LogP) is 11.4. The van der Waals surface area contributed by atoms with Crippen molar-refractivity contribution in [3.8, 4) is 0 Å². The zero-order valence-corrected chi connectivity index (χ0v) is 35.0. The molecular weight excluding hydrogens is 822 g/mol. The number of esters is 1. The van der Waals surface area contributed by atoms with Crippen LogP contribution < -0.4 is 16.0 Å². The van der Waals surface area contributed by atoms with Gasteiger partial charge < -0.3 is 20.7 Å². The number of fused-ring (bicyclic) bond motifs is 1. The second kappa shape index (κ2) is 19.4. The number of thioether (sulfide) groups is 1. The Labute approximate surface area is 361 Å². The molecule has 6 aromatic rings. The lowest BCUT2D eigenvalue weighted by molar-refractivity contribution is -0.116. The molecule has 12 heteroatoms. The summed E-state index contributed by atoms with van der Waals surface area (Å²) in [6.07, 6.45) is 3.78. The summed E-state index contributed by atoms with van der Waals surface area (Å²) in [5.41, 5.74) is 4.42.